The molecule has 1 aromatic heterocycles. The van der Waals surface area contributed by atoms with E-state index in [1.165, 1.54) is 0 Å². The molecule has 2 aromatic rings. The number of aromatic nitrogens is 1. The second-order valence-electron chi connectivity index (χ2n) is 6.85. The zero-order chi connectivity index (χ0) is 17.5. The van der Waals surface area contributed by atoms with E-state index in [1.807, 2.05) is 45.9 Å². The minimum Gasteiger partial charge on any atom is -0.359 e. The van der Waals surface area contributed by atoms with E-state index in [2.05, 4.69) is 5.16 Å². The highest BCUT2D eigenvalue weighted by molar-refractivity contribution is 7.89. The third-order valence-electron chi connectivity index (χ3n) is 4.60. The summed E-state index contributed by atoms with van der Waals surface area (Å²) in [6.45, 7) is 8.34. The van der Waals surface area contributed by atoms with Crippen LogP contribution >= 0.6 is 0 Å². The first kappa shape index (κ1) is 17.2. The van der Waals surface area contributed by atoms with Crippen molar-refractivity contribution in [2.75, 3.05) is 6.54 Å². The van der Waals surface area contributed by atoms with Gasteiger partial charge in [-0.3, -0.25) is 0 Å². The first-order valence-electron chi connectivity index (χ1n) is 8.36. The molecule has 0 saturated carbocycles. The van der Waals surface area contributed by atoms with Crippen LogP contribution in [0.1, 0.15) is 61.2 Å². The lowest BCUT2D eigenvalue weighted by atomic mass is 10.1. The highest BCUT2D eigenvalue weighted by Crippen LogP contribution is 2.38. The van der Waals surface area contributed by atoms with Crippen LogP contribution < -0.4 is 0 Å². The quantitative estimate of drug-likeness (QED) is 0.839. The van der Waals surface area contributed by atoms with Gasteiger partial charge in [0.1, 0.15) is 0 Å². The van der Waals surface area contributed by atoms with Crippen molar-refractivity contribution < 1.29 is 12.9 Å². The summed E-state index contributed by atoms with van der Waals surface area (Å²) in [5.74, 6) is 0.901. The van der Waals surface area contributed by atoms with Gasteiger partial charge in [-0.15, -0.1) is 0 Å². The molecule has 3 rings (SSSR count). The summed E-state index contributed by atoms with van der Waals surface area (Å²) in [5.41, 5.74) is 2.57. The number of hydrogen-bond acceptors (Lipinski definition) is 4. The summed E-state index contributed by atoms with van der Waals surface area (Å²) in [6, 6.07) is 7.17. The molecule has 1 aliphatic rings. The van der Waals surface area contributed by atoms with Crippen molar-refractivity contribution in [1.29, 1.82) is 0 Å². The second kappa shape index (κ2) is 6.33. The second-order valence-corrected chi connectivity index (χ2v) is 8.71. The maximum absolute atomic E-state index is 13.2. The Kier molecular flexibility index (Phi) is 4.53. The van der Waals surface area contributed by atoms with Crippen LogP contribution in [0, 0.1) is 13.8 Å². The van der Waals surface area contributed by atoms with Crippen LogP contribution in [0.4, 0.5) is 0 Å². The molecule has 0 N–H and O–H groups in total. The summed E-state index contributed by atoms with van der Waals surface area (Å²) < 4.78 is 33.4. The molecule has 1 fully saturated rings. The molecular formula is C18H24N2O3S. The fraction of sp³-hybridized carbons (Fsp3) is 0.500. The molecule has 0 spiro atoms. The van der Waals surface area contributed by atoms with Crippen molar-refractivity contribution in [1.82, 2.24) is 9.46 Å². The van der Waals surface area contributed by atoms with Crippen LogP contribution in [0.3, 0.4) is 0 Å². The lowest BCUT2D eigenvalue weighted by molar-refractivity contribution is 0.295. The topological polar surface area (TPSA) is 63.4 Å². The van der Waals surface area contributed by atoms with E-state index >= 15 is 0 Å². The third-order valence-corrected chi connectivity index (χ3v) is 6.65. The molecule has 1 aliphatic heterocycles. The van der Waals surface area contributed by atoms with Gasteiger partial charge >= 0.3 is 0 Å². The van der Waals surface area contributed by atoms with Crippen molar-refractivity contribution in [2.45, 2.75) is 57.4 Å². The minimum absolute atomic E-state index is 0.257. The van der Waals surface area contributed by atoms with Gasteiger partial charge in [-0.2, -0.15) is 4.31 Å². The zero-order valence-electron chi connectivity index (χ0n) is 14.6. The average molecular weight is 348 g/mol. The molecule has 1 atom stereocenters. The van der Waals surface area contributed by atoms with Gasteiger partial charge in [0.15, 0.2) is 5.76 Å². The predicted molar refractivity (Wildman–Crippen MR) is 92.4 cm³/mol. The summed E-state index contributed by atoms with van der Waals surface area (Å²) in [7, 11) is -3.55. The van der Waals surface area contributed by atoms with E-state index in [0.29, 0.717) is 17.2 Å². The highest BCUT2D eigenvalue weighted by atomic mass is 32.2. The van der Waals surface area contributed by atoms with E-state index in [0.717, 1.165) is 29.7 Å². The van der Waals surface area contributed by atoms with E-state index in [1.54, 1.807) is 10.4 Å². The summed E-state index contributed by atoms with van der Waals surface area (Å²) in [4.78, 5) is 0.387. The Bertz CT molecular complexity index is 840. The fourth-order valence-corrected chi connectivity index (χ4v) is 5.13. The number of benzene rings is 1. The Balaban J connectivity index is 1.98. The first-order valence-corrected chi connectivity index (χ1v) is 9.80. The molecule has 2 heterocycles. The lowest BCUT2D eigenvalue weighted by Gasteiger charge is -2.23. The normalized spacial score (nSPS) is 19.3. The van der Waals surface area contributed by atoms with Gasteiger partial charge in [0.2, 0.25) is 10.0 Å². The van der Waals surface area contributed by atoms with Gasteiger partial charge in [-0.05, 0) is 49.8 Å². The maximum atomic E-state index is 13.2. The number of hydrogen-bond donors (Lipinski definition) is 0. The standard InChI is InChI=1S/C18H24N2O3S/c1-12(2)15-11-17(23-19-15)16-6-5-9-20(16)24(21,22)18-10-13(3)7-8-14(18)4/h7-8,10-12,16H,5-6,9H2,1-4H3/t16-/m0/s1. The van der Waals surface area contributed by atoms with Crippen molar-refractivity contribution >= 4 is 10.0 Å². The van der Waals surface area contributed by atoms with Crippen molar-refractivity contribution in [3.63, 3.8) is 0 Å². The smallest absolute Gasteiger partial charge is 0.244 e. The molecule has 1 saturated heterocycles. The van der Waals surface area contributed by atoms with Crippen LogP contribution in [0.15, 0.2) is 33.7 Å². The molecular weight excluding hydrogens is 324 g/mol. The van der Waals surface area contributed by atoms with E-state index < -0.39 is 10.0 Å². The predicted octanol–water partition coefficient (Wildman–Crippen LogP) is 3.94. The van der Waals surface area contributed by atoms with E-state index in [-0.39, 0.29) is 12.0 Å². The molecule has 0 unspecified atom stereocenters. The molecule has 0 amide bonds. The van der Waals surface area contributed by atoms with E-state index in [4.69, 9.17) is 4.52 Å². The van der Waals surface area contributed by atoms with Gasteiger partial charge in [0.05, 0.1) is 16.6 Å². The minimum atomic E-state index is -3.55. The van der Waals surface area contributed by atoms with Gasteiger partial charge in [0.25, 0.3) is 0 Å². The molecule has 6 heteroatoms. The van der Waals surface area contributed by atoms with E-state index in [9.17, 15) is 8.42 Å². The molecule has 24 heavy (non-hydrogen) atoms. The SMILES string of the molecule is Cc1ccc(C)c(S(=O)(=O)N2CCC[C@H]2c2cc(C(C)C)no2)c1. The zero-order valence-corrected chi connectivity index (χ0v) is 15.4. The molecule has 130 valence electrons. The fourth-order valence-electron chi connectivity index (χ4n) is 3.16. The molecule has 0 aliphatic carbocycles. The van der Waals surface area contributed by atoms with Crippen LogP contribution in [-0.2, 0) is 10.0 Å². The summed E-state index contributed by atoms with van der Waals surface area (Å²) in [6.07, 6.45) is 1.59. The number of sulfonamides is 1. The van der Waals surface area contributed by atoms with Crippen molar-refractivity contribution in [3.05, 3.63) is 46.8 Å². The summed E-state index contributed by atoms with van der Waals surface area (Å²) >= 11 is 0. The first-order chi connectivity index (χ1) is 11.3. The van der Waals surface area contributed by atoms with Crippen LogP contribution in [0.25, 0.3) is 0 Å². The monoisotopic (exact) mass is 348 g/mol. The van der Waals surface area contributed by atoms with Crippen LogP contribution in [0.5, 0.6) is 0 Å². The number of aryl methyl sites for hydroxylation is 2. The third kappa shape index (κ3) is 3.00. The lowest BCUT2D eigenvalue weighted by Crippen LogP contribution is -2.31. The van der Waals surface area contributed by atoms with Crippen LogP contribution in [-0.4, -0.2) is 24.4 Å². The Morgan fingerprint density at radius 2 is 2.00 bits per heavy atom. The molecule has 1 aromatic carbocycles. The van der Waals surface area contributed by atoms with Crippen molar-refractivity contribution in [2.24, 2.45) is 0 Å². The summed E-state index contributed by atoms with van der Waals surface area (Å²) in [5, 5.41) is 4.08. The Hall–Kier alpha value is -1.66. The molecule has 0 radical (unpaired) electrons. The van der Waals surface area contributed by atoms with Gasteiger partial charge < -0.3 is 4.52 Å². The largest absolute Gasteiger partial charge is 0.359 e. The molecule has 5 nitrogen and oxygen atoms in total. The average Bonchev–Trinajstić information content (AvgIpc) is 3.17. The maximum Gasteiger partial charge on any atom is 0.244 e. The molecule has 0 bridgehead atoms. The van der Waals surface area contributed by atoms with Gasteiger partial charge in [-0.25, -0.2) is 8.42 Å². The Labute approximate surface area is 143 Å². The number of nitrogens with zero attached hydrogens (tertiary/aromatic N) is 2. The Morgan fingerprint density at radius 1 is 1.25 bits per heavy atom. The van der Waals surface area contributed by atoms with Crippen LogP contribution in [0.2, 0.25) is 0 Å². The Morgan fingerprint density at radius 3 is 2.67 bits per heavy atom. The highest BCUT2D eigenvalue weighted by Gasteiger charge is 2.39. The number of rotatable bonds is 4. The van der Waals surface area contributed by atoms with Gasteiger partial charge in [-0.1, -0.05) is 31.1 Å². The van der Waals surface area contributed by atoms with Gasteiger partial charge in [0, 0.05) is 12.6 Å². The van der Waals surface area contributed by atoms with Crippen molar-refractivity contribution in [3.8, 4) is 0 Å².